The van der Waals surface area contributed by atoms with E-state index in [1.807, 2.05) is 30.3 Å². The number of methoxy groups -OCH3 is 1. The number of carbonyl (C=O) groups is 2. The molecule has 9 heteroatoms. The molecule has 0 saturated carbocycles. The highest BCUT2D eigenvalue weighted by atomic mass is 16.5. The summed E-state index contributed by atoms with van der Waals surface area (Å²) in [6.07, 6.45) is 7.86. The minimum Gasteiger partial charge on any atom is -0.480 e. The number of nitrogens with zero attached hydrogens (tertiary/aromatic N) is 3. The summed E-state index contributed by atoms with van der Waals surface area (Å²) in [6.45, 7) is 1.70. The molecule has 3 fully saturated rings. The highest BCUT2D eigenvalue weighted by Crippen LogP contribution is 2.48. The van der Waals surface area contributed by atoms with Crippen LogP contribution in [0.2, 0.25) is 0 Å². The number of fused-ring (bicyclic) bond motifs is 4. The first-order valence-corrected chi connectivity index (χ1v) is 13.1. The second-order valence-corrected chi connectivity index (χ2v) is 10.4. The van der Waals surface area contributed by atoms with Gasteiger partial charge in [-0.15, -0.1) is 0 Å². The van der Waals surface area contributed by atoms with Gasteiger partial charge in [0.15, 0.2) is 11.7 Å². The number of piperidine rings is 3. The number of para-hydroxylation sites is 1. The molecule has 3 saturated heterocycles. The van der Waals surface area contributed by atoms with E-state index in [9.17, 15) is 9.59 Å². The van der Waals surface area contributed by atoms with Gasteiger partial charge in [-0.2, -0.15) is 0 Å². The molecule has 1 aromatic carbocycles. The first-order valence-electron chi connectivity index (χ1n) is 13.1. The van der Waals surface area contributed by atoms with Crippen molar-refractivity contribution in [3.05, 3.63) is 42.4 Å². The number of oxazole rings is 1. The van der Waals surface area contributed by atoms with Gasteiger partial charge in [0.1, 0.15) is 0 Å². The van der Waals surface area contributed by atoms with Crippen LogP contribution in [0.15, 0.2) is 40.9 Å². The maximum atomic E-state index is 12.5. The fourth-order valence-electron chi connectivity index (χ4n) is 6.10. The van der Waals surface area contributed by atoms with Crippen LogP contribution in [0, 0.1) is 5.41 Å². The molecule has 4 N–H and O–H groups in total. The number of pyridine rings is 1. The second-order valence-electron chi connectivity index (χ2n) is 10.4. The lowest BCUT2D eigenvalue weighted by Crippen LogP contribution is -2.59. The fraction of sp³-hybridized carbons (Fsp3) is 0.500. The maximum Gasteiger partial charge on any atom is 0.224 e. The molecule has 3 aliphatic heterocycles. The highest BCUT2D eigenvalue weighted by Gasteiger charge is 2.51. The summed E-state index contributed by atoms with van der Waals surface area (Å²) in [5, 5.41) is 0.987. The van der Waals surface area contributed by atoms with E-state index in [-0.39, 0.29) is 23.8 Å². The van der Waals surface area contributed by atoms with Gasteiger partial charge in [-0.3, -0.25) is 14.5 Å². The lowest BCUT2D eigenvalue weighted by Gasteiger charge is -2.53. The Morgan fingerprint density at radius 2 is 1.97 bits per heavy atom. The van der Waals surface area contributed by atoms with E-state index in [1.165, 1.54) is 0 Å². The van der Waals surface area contributed by atoms with Crippen molar-refractivity contribution in [1.29, 1.82) is 0 Å². The van der Waals surface area contributed by atoms with Crippen molar-refractivity contribution in [3.8, 4) is 17.2 Å². The number of benzene rings is 1. The zero-order chi connectivity index (χ0) is 26.0. The zero-order valence-corrected chi connectivity index (χ0v) is 21.3. The van der Waals surface area contributed by atoms with Gasteiger partial charge >= 0.3 is 0 Å². The number of carbonyl (C=O) groups excluding carboxylic acids is 2. The number of ether oxygens (including phenoxy) is 1. The van der Waals surface area contributed by atoms with Crippen LogP contribution >= 0.6 is 0 Å². The third kappa shape index (κ3) is 5.05. The molecule has 2 bridgehead atoms. The van der Waals surface area contributed by atoms with Crippen LogP contribution in [0.1, 0.15) is 63.2 Å². The smallest absolute Gasteiger partial charge is 0.224 e. The minimum atomic E-state index is -0.454. The van der Waals surface area contributed by atoms with Crippen LogP contribution in [-0.4, -0.2) is 52.9 Å². The highest BCUT2D eigenvalue weighted by molar-refractivity contribution is 5.85. The Bertz CT molecular complexity index is 1280. The van der Waals surface area contributed by atoms with Crippen molar-refractivity contribution in [1.82, 2.24) is 14.9 Å². The van der Waals surface area contributed by atoms with E-state index in [0.717, 1.165) is 68.1 Å². The number of aromatic nitrogens is 2. The maximum absolute atomic E-state index is 12.5. The lowest BCUT2D eigenvalue weighted by atomic mass is 9.65. The molecule has 3 aliphatic rings. The van der Waals surface area contributed by atoms with E-state index in [0.29, 0.717) is 30.4 Å². The Morgan fingerprint density at radius 3 is 2.70 bits per heavy atom. The topological polar surface area (TPSA) is 138 Å². The lowest BCUT2D eigenvalue weighted by molar-refractivity contribution is -0.139. The van der Waals surface area contributed by atoms with Crippen molar-refractivity contribution in [2.45, 2.75) is 63.3 Å². The Labute approximate surface area is 216 Å². The Morgan fingerprint density at radius 1 is 1.19 bits per heavy atom. The molecular weight excluding hydrogens is 470 g/mol. The molecule has 2 atom stereocenters. The van der Waals surface area contributed by atoms with E-state index < -0.39 is 5.41 Å². The summed E-state index contributed by atoms with van der Waals surface area (Å²) < 4.78 is 12.0. The predicted molar refractivity (Wildman–Crippen MR) is 140 cm³/mol. The molecule has 0 aliphatic carbocycles. The zero-order valence-electron chi connectivity index (χ0n) is 21.3. The third-order valence-corrected chi connectivity index (χ3v) is 8.24. The predicted octanol–water partition coefficient (Wildman–Crippen LogP) is 3.76. The normalized spacial score (nSPS) is 23.7. The Hall–Kier alpha value is -3.46. The summed E-state index contributed by atoms with van der Waals surface area (Å²) in [5.41, 5.74) is 12.4. The molecule has 3 aromatic rings. The molecule has 9 nitrogen and oxygen atoms in total. The Balaban J connectivity index is 1.44. The molecule has 5 heterocycles. The second kappa shape index (κ2) is 10.5. The van der Waals surface area contributed by atoms with E-state index >= 15 is 0 Å². The number of hydrogen-bond acceptors (Lipinski definition) is 7. The molecule has 0 spiro atoms. The van der Waals surface area contributed by atoms with Gasteiger partial charge in [-0.05, 0) is 57.3 Å². The molecule has 37 heavy (non-hydrogen) atoms. The van der Waals surface area contributed by atoms with Gasteiger partial charge in [0, 0.05) is 17.8 Å². The van der Waals surface area contributed by atoms with Crippen molar-refractivity contribution >= 4 is 22.7 Å². The van der Waals surface area contributed by atoms with Crippen molar-refractivity contribution in [2.24, 2.45) is 16.9 Å². The third-order valence-electron chi connectivity index (χ3n) is 8.24. The fourth-order valence-corrected chi connectivity index (χ4v) is 6.10. The average molecular weight is 506 g/mol. The van der Waals surface area contributed by atoms with Gasteiger partial charge < -0.3 is 20.6 Å². The van der Waals surface area contributed by atoms with E-state index in [1.54, 1.807) is 13.3 Å². The molecule has 196 valence electrons. The number of nitrogens with two attached hydrogens (primary N) is 2. The summed E-state index contributed by atoms with van der Waals surface area (Å²) in [4.78, 5) is 35.5. The minimum absolute atomic E-state index is 0.000985. The Kier molecular flexibility index (Phi) is 7.15. The van der Waals surface area contributed by atoms with E-state index in [2.05, 4.69) is 9.88 Å². The van der Waals surface area contributed by atoms with Crippen molar-refractivity contribution < 1.29 is 18.7 Å². The van der Waals surface area contributed by atoms with Crippen molar-refractivity contribution in [2.75, 3.05) is 20.2 Å². The van der Waals surface area contributed by atoms with Gasteiger partial charge in [0.05, 0.1) is 35.7 Å². The number of hydrogen-bond donors (Lipinski definition) is 2. The van der Waals surface area contributed by atoms with Crippen LogP contribution < -0.4 is 16.2 Å². The molecule has 6 rings (SSSR count). The quantitative estimate of drug-likeness (QED) is 0.378. The van der Waals surface area contributed by atoms with Crippen LogP contribution in [0.25, 0.3) is 22.2 Å². The first-order chi connectivity index (χ1) is 17.9. The van der Waals surface area contributed by atoms with Crippen LogP contribution in [0.5, 0.6) is 5.88 Å². The molecule has 2 amide bonds. The summed E-state index contributed by atoms with van der Waals surface area (Å²) in [5.74, 6) is 1.27. The number of primary amides is 2. The standard InChI is InChI=1S/C28H35N5O4/c1-36-26-20(15-18-7-5-6-9-21(18)32-26)23-17-31-25(37-23)19(8-3-2-4-10-24(29)34)22-16-28(27(30)35)11-13-33(22)14-12-28/h5-7,9,15,17,19,22H,2-4,8,10-14,16H2,1H3,(H2,29,34)(H2,30,35). The first kappa shape index (κ1) is 25.2. The van der Waals surface area contributed by atoms with Crippen LogP contribution in [0.3, 0.4) is 0 Å². The van der Waals surface area contributed by atoms with Gasteiger partial charge in [-0.1, -0.05) is 31.0 Å². The van der Waals surface area contributed by atoms with Crippen LogP contribution in [0.4, 0.5) is 0 Å². The number of amides is 2. The molecule has 2 aromatic heterocycles. The largest absolute Gasteiger partial charge is 0.480 e. The summed E-state index contributed by atoms with van der Waals surface area (Å²) in [6, 6.07) is 10.0. The van der Waals surface area contributed by atoms with Gasteiger partial charge in [0.25, 0.3) is 0 Å². The monoisotopic (exact) mass is 505 g/mol. The SMILES string of the molecule is COc1nc2ccccc2cc1-c1cnc(C(CCCCCC(N)=O)C2CC3(C(N)=O)CCN2CC3)o1. The molecule has 0 radical (unpaired) electrons. The van der Waals surface area contributed by atoms with E-state index in [4.69, 9.17) is 25.6 Å². The van der Waals surface area contributed by atoms with Crippen LogP contribution in [-0.2, 0) is 9.59 Å². The number of unbranched alkanes of at least 4 members (excludes halogenated alkanes) is 2. The van der Waals surface area contributed by atoms with Gasteiger partial charge in [-0.25, -0.2) is 9.97 Å². The van der Waals surface area contributed by atoms with Crippen molar-refractivity contribution in [3.63, 3.8) is 0 Å². The average Bonchev–Trinajstić information content (AvgIpc) is 3.40. The summed E-state index contributed by atoms with van der Waals surface area (Å²) >= 11 is 0. The molecule has 2 unspecified atom stereocenters. The van der Waals surface area contributed by atoms with Gasteiger partial charge in [0.2, 0.25) is 17.7 Å². The molecular formula is C28H35N5O4. The number of rotatable bonds is 11. The summed E-state index contributed by atoms with van der Waals surface area (Å²) in [7, 11) is 1.60.